The Labute approximate surface area is 195 Å². The Morgan fingerprint density at radius 1 is 1.03 bits per heavy atom. The first-order valence-electron chi connectivity index (χ1n) is 9.89. The lowest BCUT2D eigenvalue weighted by Crippen LogP contribution is -2.49. The molecule has 0 aromatic heterocycles. The SMILES string of the molecule is CS(=O)(=O)N1CCN(CCOc2ccc3c(c2)C(=O)C(Br)=C3c2ccc(Cl)cc2)CC1. The van der Waals surface area contributed by atoms with Gasteiger partial charge in [0, 0.05) is 48.9 Å². The van der Waals surface area contributed by atoms with Gasteiger partial charge in [-0.15, -0.1) is 0 Å². The molecule has 164 valence electrons. The molecule has 1 heterocycles. The number of allylic oxidation sites excluding steroid dienone is 1. The van der Waals surface area contributed by atoms with E-state index in [9.17, 15) is 13.2 Å². The van der Waals surface area contributed by atoms with Crippen LogP contribution < -0.4 is 4.74 Å². The van der Waals surface area contributed by atoms with Gasteiger partial charge in [-0.25, -0.2) is 8.42 Å². The van der Waals surface area contributed by atoms with Gasteiger partial charge in [0.25, 0.3) is 0 Å². The molecule has 0 saturated carbocycles. The predicted octanol–water partition coefficient (Wildman–Crippen LogP) is 3.65. The number of Topliss-reactive ketones (excluding diaryl/α,β-unsaturated/α-hetero) is 1. The van der Waals surface area contributed by atoms with Crippen LogP contribution >= 0.6 is 27.5 Å². The van der Waals surface area contributed by atoms with Crippen molar-refractivity contribution in [1.82, 2.24) is 9.21 Å². The normalized spacial score (nSPS) is 17.8. The van der Waals surface area contributed by atoms with Gasteiger partial charge in [0.1, 0.15) is 12.4 Å². The number of hydrogen-bond donors (Lipinski definition) is 0. The van der Waals surface area contributed by atoms with Crippen molar-refractivity contribution in [3.63, 3.8) is 0 Å². The number of benzene rings is 2. The van der Waals surface area contributed by atoms with Crippen LogP contribution in [0.5, 0.6) is 5.75 Å². The molecule has 2 aromatic carbocycles. The van der Waals surface area contributed by atoms with E-state index in [1.54, 1.807) is 18.2 Å². The van der Waals surface area contributed by atoms with E-state index in [0.29, 0.717) is 60.1 Å². The molecule has 0 unspecified atom stereocenters. The van der Waals surface area contributed by atoms with Crippen molar-refractivity contribution < 1.29 is 17.9 Å². The second kappa shape index (κ2) is 9.03. The van der Waals surface area contributed by atoms with Gasteiger partial charge in [-0.05, 0) is 57.4 Å². The minimum Gasteiger partial charge on any atom is -0.492 e. The monoisotopic (exact) mass is 524 g/mol. The molecule has 9 heteroatoms. The number of fused-ring (bicyclic) bond motifs is 1. The maximum Gasteiger partial charge on any atom is 0.211 e. The summed E-state index contributed by atoms with van der Waals surface area (Å²) in [5.74, 6) is 0.571. The predicted molar refractivity (Wildman–Crippen MR) is 126 cm³/mol. The molecule has 2 aliphatic rings. The average molecular weight is 526 g/mol. The average Bonchev–Trinajstić information content (AvgIpc) is 2.99. The van der Waals surface area contributed by atoms with E-state index in [1.807, 2.05) is 24.3 Å². The Bertz CT molecular complexity index is 1140. The van der Waals surface area contributed by atoms with Crippen molar-refractivity contribution in [2.45, 2.75) is 0 Å². The number of hydrogen-bond acceptors (Lipinski definition) is 5. The molecule has 0 N–H and O–H groups in total. The molecular formula is C22H22BrClN2O4S. The Balaban J connectivity index is 1.39. The fourth-order valence-electron chi connectivity index (χ4n) is 3.85. The third-order valence-corrected chi connectivity index (χ3v) is 7.85. The molecule has 0 bridgehead atoms. The first-order valence-corrected chi connectivity index (χ1v) is 12.9. The van der Waals surface area contributed by atoms with Crippen molar-refractivity contribution in [2.24, 2.45) is 0 Å². The lowest BCUT2D eigenvalue weighted by Gasteiger charge is -2.33. The van der Waals surface area contributed by atoms with E-state index in [4.69, 9.17) is 16.3 Å². The minimum absolute atomic E-state index is 0.0673. The summed E-state index contributed by atoms with van der Waals surface area (Å²) in [6.07, 6.45) is 1.24. The summed E-state index contributed by atoms with van der Waals surface area (Å²) < 4.78 is 31.1. The molecule has 2 aromatic rings. The summed E-state index contributed by atoms with van der Waals surface area (Å²) >= 11 is 9.45. The maximum absolute atomic E-state index is 12.8. The van der Waals surface area contributed by atoms with Crippen LogP contribution in [0.15, 0.2) is 46.9 Å². The minimum atomic E-state index is -3.13. The van der Waals surface area contributed by atoms with Crippen LogP contribution in [0.4, 0.5) is 0 Å². The molecule has 1 aliphatic heterocycles. The molecule has 1 aliphatic carbocycles. The van der Waals surface area contributed by atoms with Gasteiger partial charge in [0.15, 0.2) is 0 Å². The number of sulfonamides is 1. The third-order valence-electron chi connectivity index (χ3n) is 5.53. The molecule has 0 amide bonds. The van der Waals surface area contributed by atoms with Gasteiger partial charge in [-0.2, -0.15) is 4.31 Å². The molecule has 4 rings (SSSR count). The van der Waals surface area contributed by atoms with Crippen molar-refractivity contribution in [3.05, 3.63) is 68.7 Å². The van der Waals surface area contributed by atoms with Crippen LogP contribution in [0, 0.1) is 0 Å². The van der Waals surface area contributed by atoms with Crippen molar-refractivity contribution in [3.8, 4) is 5.75 Å². The topological polar surface area (TPSA) is 66.9 Å². The maximum atomic E-state index is 12.8. The van der Waals surface area contributed by atoms with Gasteiger partial charge < -0.3 is 4.74 Å². The molecule has 0 atom stereocenters. The Morgan fingerprint density at radius 3 is 2.35 bits per heavy atom. The molecule has 1 fully saturated rings. The first kappa shape index (κ1) is 22.5. The highest BCUT2D eigenvalue weighted by Crippen LogP contribution is 2.41. The molecule has 1 saturated heterocycles. The quantitative estimate of drug-likeness (QED) is 0.576. The number of halogens is 2. The van der Waals surface area contributed by atoms with E-state index in [-0.39, 0.29) is 5.78 Å². The Hall–Kier alpha value is -1.71. The molecule has 0 radical (unpaired) electrons. The van der Waals surface area contributed by atoms with Gasteiger partial charge in [-0.1, -0.05) is 23.7 Å². The van der Waals surface area contributed by atoms with Gasteiger partial charge in [0.2, 0.25) is 15.8 Å². The summed E-state index contributed by atoms with van der Waals surface area (Å²) in [7, 11) is -3.13. The van der Waals surface area contributed by atoms with Crippen LogP contribution in [0.1, 0.15) is 21.5 Å². The Kier molecular flexibility index (Phi) is 6.55. The smallest absolute Gasteiger partial charge is 0.211 e. The van der Waals surface area contributed by atoms with Crippen LogP contribution in [0.3, 0.4) is 0 Å². The highest BCUT2D eigenvalue weighted by atomic mass is 79.9. The molecule has 31 heavy (non-hydrogen) atoms. The molecule has 6 nitrogen and oxygen atoms in total. The van der Waals surface area contributed by atoms with E-state index in [2.05, 4.69) is 20.8 Å². The van der Waals surface area contributed by atoms with Crippen LogP contribution in [0.2, 0.25) is 5.02 Å². The zero-order chi connectivity index (χ0) is 22.2. The summed E-state index contributed by atoms with van der Waals surface area (Å²) in [6.45, 7) is 3.52. The molecular weight excluding hydrogens is 504 g/mol. The van der Waals surface area contributed by atoms with Crippen molar-refractivity contribution >= 4 is 48.9 Å². The first-order chi connectivity index (χ1) is 14.7. The second-order valence-corrected chi connectivity index (χ2v) is 10.8. The van der Waals surface area contributed by atoms with E-state index >= 15 is 0 Å². The standard InChI is InChI=1S/C22H22BrClN2O4S/c1-31(28,29)26-10-8-25(9-11-26)12-13-30-17-6-7-18-19(14-17)22(27)21(23)20(18)15-2-4-16(24)5-3-15/h2-7,14H,8-13H2,1H3. The van der Waals surface area contributed by atoms with E-state index in [0.717, 1.165) is 16.7 Å². The fraction of sp³-hybridized carbons (Fsp3) is 0.318. The van der Waals surface area contributed by atoms with Gasteiger partial charge in [0.05, 0.1) is 10.7 Å². The third kappa shape index (κ3) is 4.88. The van der Waals surface area contributed by atoms with Crippen molar-refractivity contribution in [2.75, 3.05) is 45.6 Å². The number of nitrogens with zero attached hydrogens (tertiary/aromatic N) is 2. The van der Waals surface area contributed by atoms with Gasteiger partial charge >= 0.3 is 0 Å². The summed E-state index contributed by atoms with van der Waals surface area (Å²) in [6, 6.07) is 13.0. The lowest BCUT2D eigenvalue weighted by molar-refractivity contribution is 0.104. The number of carbonyl (C=O) groups is 1. The Morgan fingerprint density at radius 2 is 1.71 bits per heavy atom. The second-order valence-electron chi connectivity index (χ2n) is 7.58. The van der Waals surface area contributed by atoms with Crippen LogP contribution in [0.25, 0.3) is 5.57 Å². The number of ether oxygens (including phenoxy) is 1. The zero-order valence-electron chi connectivity index (χ0n) is 17.0. The van der Waals surface area contributed by atoms with Crippen LogP contribution in [-0.4, -0.2) is 69.0 Å². The van der Waals surface area contributed by atoms with E-state index < -0.39 is 10.0 Å². The molecule has 0 spiro atoms. The number of rotatable bonds is 6. The van der Waals surface area contributed by atoms with Gasteiger partial charge in [-0.3, -0.25) is 9.69 Å². The zero-order valence-corrected chi connectivity index (χ0v) is 20.1. The largest absolute Gasteiger partial charge is 0.492 e. The number of piperazine rings is 1. The summed E-state index contributed by atoms with van der Waals surface area (Å²) in [5, 5.41) is 0.645. The lowest BCUT2D eigenvalue weighted by atomic mass is 9.99. The van der Waals surface area contributed by atoms with E-state index in [1.165, 1.54) is 10.6 Å². The van der Waals surface area contributed by atoms with Crippen molar-refractivity contribution in [1.29, 1.82) is 0 Å². The highest BCUT2D eigenvalue weighted by Gasteiger charge is 2.29. The fourth-order valence-corrected chi connectivity index (χ4v) is 5.45. The highest BCUT2D eigenvalue weighted by molar-refractivity contribution is 9.12. The van der Waals surface area contributed by atoms with Crippen LogP contribution in [-0.2, 0) is 10.0 Å². The summed E-state index contributed by atoms with van der Waals surface area (Å²) in [5.41, 5.74) is 3.25. The number of carbonyl (C=O) groups excluding carboxylic acids is 1. The summed E-state index contributed by atoms with van der Waals surface area (Å²) in [4.78, 5) is 15.0. The number of ketones is 1.